The lowest BCUT2D eigenvalue weighted by Gasteiger charge is -2.27. The van der Waals surface area contributed by atoms with Crippen LogP contribution < -0.4 is 15.2 Å². The zero-order valence-electron chi connectivity index (χ0n) is 19.5. The minimum Gasteiger partial charge on any atom is -0.496 e. The molecule has 1 atom stereocenters. The van der Waals surface area contributed by atoms with Crippen LogP contribution in [0.5, 0.6) is 11.5 Å². The average Bonchev–Trinajstić information content (AvgIpc) is 2.79. The fourth-order valence-electron chi connectivity index (χ4n) is 3.82. The van der Waals surface area contributed by atoms with Crippen LogP contribution in [-0.4, -0.2) is 19.7 Å². The summed E-state index contributed by atoms with van der Waals surface area (Å²) in [5.41, 5.74) is 10.0. The van der Waals surface area contributed by atoms with Gasteiger partial charge in [0, 0.05) is 5.56 Å². The lowest BCUT2D eigenvalue weighted by Crippen LogP contribution is -2.25. The number of hydrogen-bond acceptors (Lipinski definition) is 7. The van der Waals surface area contributed by atoms with Crippen LogP contribution in [-0.2, 0) is 20.9 Å². The van der Waals surface area contributed by atoms with E-state index in [2.05, 4.69) is 6.07 Å². The van der Waals surface area contributed by atoms with Gasteiger partial charge in [0.1, 0.15) is 35.5 Å². The topological polar surface area (TPSA) is 104 Å². The molecule has 0 saturated carbocycles. The number of ether oxygens (including phenoxy) is 4. The number of allylic oxidation sites excluding steroid dienone is 2. The Hall–Kier alpha value is -3.92. The Morgan fingerprint density at radius 2 is 1.94 bits per heavy atom. The van der Waals surface area contributed by atoms with E-state index in [1.807, 2.05) is 38.1 Å². The Balaban J connectivity index is 2.05. The number of methoxy groups -OCH3 is 1. The quantitative estimate of drug-likeness (QED) is 0.620. The summed E-state index contributed by atoms with van der Waals surface area (Å²) in [6, 6.07) is 13.4. The maximum atomic E-state index is 12.8. The molecule has 7 nitrogen and oxygen atoms in total. The molecule has 0 radical (unpaired) electrons. The molecule has 0 spiro atoms. The summed E-state index contributed by atoms with van der Waals surface area (Å²) in [6.45, 7) is 7.82. The largest absolute Gasteiger partial charge is 0.496 e. The highest BCUT2D eigenvalue weighted by Gasteiger charge is 2.36. The van der Waals surface area contributed by atoms with E-state index < -0.39 is 11.9 Å². The summed E-state index contributed by atoms with van der Waals surface area (Å²) in [6.07, 6.45) is 0. The van der Waals surface area contributed by atoms with E-state index in [-0.39, 0.29) is 30.2 Å². The normalized spacial score (nSPS) is 15.6. The first kappa shape index (κ1) is 23.7. The summed E-state index contributed by atoms with van der Waals surface area (Å²) < 4.78 is 22.3. The van der Waals surface area contributed by atoms with E-state index in [1.165, 1.54) is 0 Å². The van der Waals surface area contributed by atoms with E-state index in [0.29, 0.717) is 17.1 Å². The molecule has 2 aromatic carbocycles. The lowest BCUT2D eigenvalue weighted by molar-refractivity contribution is -0.139. The van der Waals surface area contributed by atoms with Crippen LogP contribution in [0.25, 0.3) is 0 Å². The smallest absolute Gasteiger partial charge is 0.338 e. The van der Waals surface area contributed by atoms with E-state index in [0.717, 1.165) is 22.4 Å². The van der Waals surface area contributed by atoms with Gasteiger partial charge in [-0.25, -0.2) is 4.79 Å². The van der Waals surface area contributed by atoms with Crippen molar-refractivity contribution in [3.05, 3.63) is 81.4 Å². The second-order valence-electron chi connectivity index (χ2n) is 7.67. The molecule has 3 rings (SSSR count). The number of rotatable bonds is 7. The number of hydrogen-bond donors (Lipinski definition) is 1. The number of aryl methyl sites for hydroxylation is 1. The zero-order chi connectivity index (χ0) is 24.1. The number of nitrogens with two attached hydrogens (primary N) is 1. The SMILES string of the molecule is CCOC(=O)C1=C(C)OC(N)=C(C#N)C1c1ccc(OC)c(COc2cccc(C)c2C)c1. The van der Waals surface area contributed by atoms with Gasteiger partial charge in [-0.2, -0.15) is 5.26 Å². The van der Waals surface area contributed by atoms with Gasteiger partial charge in [0.15, 0.2) is 0 Å². The first-order valence-electron chi connectivity index (χ1n) is 10.6. The third-order valence-corrected chi connectivity index (χ3v) is 5.68. The first-order valence-corrected chi connectivity index (χ1v) is 10.6. The number of nitrogens with zero attached hydrogens (tertiary/aromatic N) is 1. The van der Waals surface area contributed by atoms with Crippen molar-refractivity contribution in [1.29, 1.82) is 5.26 Å². The highest BCUT2D eigenvalue weighted by atomic mass is 16.5. The minimum atomic E-state index is -0.729. The van der Waals surface area contributed by atoms with Gasteiger partial charge in [-0.3, -0.25) is 0 Å². The van der Waals surface area contributed by atoms with Crippen LogP contribution in [0.1, 0.15) is 42.0 Å². The Morgan fingerprint density at radius 1 is 1.18 bits per heavy atom. The zero-order valence-corrected chi connectivity index (χ0v) is 19.5. The van der Waals surface area contributed by atoms with Crippen LogP contribution in [0.2, 0.25) is 0 Å². The summed E-state index contributed by atoms with van der Waals surface area (Å²) in [7, 11) is 1.58. The summed E-state index contributed by atoms with van der Waals surface area (Å²) >= 11 is 0. The molecular weight excluding hydrogens is 420 g/mol. The number of carbonyl (C=O) groups excluding carboxylic acids is 1. The molecule has 1 aliphatic rings. The fraction of sp³-hybridized carbons (Fsp3) is 0.308. The molecule has 0 saturated heterocycles. The van der Waals surface area contributed by atoms with Crippen molar-refractivity contribution in [2.75, 3.05) is 13.7 Å². The van der Waals surface area contributed by atoms with Crippen LogP contribution in [0.4, 0.5) is 0 Å². The Kier molecular flexibility index (Phi) is 7.29. The molecule has 1 heterocycles. The highest BCUT2D eigenvalue weighted by Crippen LogP contribution is 2.41. The van der Waals surface area contributed by atoms with Crippen molar-refractivity contribution in [3.63, 3.8) is 0 Å². The Bertz CT molecular complexity index is 1170. The van der Waals surface area contributed by atoms with Crippen molar-refractivity contribution in [2.45, 2.75) is 40.2 Å². The number of carbonyl (C=O) groups is 1. The van der Waals surface area contributed by atoms with Gasteiger partial charge >= 0.3 is 5.97 Å². The molecule has 2 N–H and O–H groups in total. The monoisotopic (exact) mass is 448 g/mol. The molecule has 172 valence electrons. The minimum absolute atomic E-state index is 0.0305. The molecule has 0 aliphatic carbocycles. The Labute approximate surface area is 194 Å². The predicted octanol–water partition coefficient (Wildman–Crippen LogP) is 4.54. The van der Waals surface area contributed by atoms with E-state index in [9.17, 15) is 10.1 Å². The van der Waals surface area contributed by atoms with Crippen molar-refractivity contribution < 1.29 is 23.7 Å². The Morgan fingerprint density at radius 3 is 2.61 bits per heavy atom. The molecule has 33 heavy (non-hydrogen) atoms. The van der Waals surface area contributed by atoms with Crippen molar-refractivity contribution in [3.8, 4) is 17.6 Å². The van der Waals surface area contributed by atoms with Crippen molar-refractivity contribution in [2.24, 2.45) is 5.73 Å². The molecule has 1 aliphatic heterocycles. The van der Waals surface area contributed by atoms with Crippen molar-refractivity contribution in [1.82, 2.24) is 0 Å². The lowest BCUT2D eigenvalue weighted by atomic mass is 9.82. The molecule has 0 fully saturated rings. The molecule has 0 amide bonds. The standard InChI is InChI=1S/C26H28N2O5/c1-6-31-26(29)23-17(4)33-25(28)20(13-27)24(23)18-10-11-22(30-5)19(12-18)14-32-21-9-7-8-15(2)16(21)3/h7-12,24H,6,14,28H2,1-5H3. The maximum absolute atomic E-state index is 12.8. The summed E-state index contributed by atoms with van der Waals surface area (Å²) in [5.74, 6) is 0.400. The molecule has 0 bridgehead atoms. The average molecular weight is 449 g/mol. The third-order valence-electron chi connectivity index (χ3n) is 5.68. The van der Waals surface area contributed by atoms with Crippen LogP contribution in [0, 0.1) is 25.2 Å². The van der Waals surface area contributed by atoms with Gasteiger partial charge in [0.2, 0.25) is 5.88 Å². The van der Waals surface area contributed by atoms with Gasteiger partial charge in [0.05, 0.1) is 25.2 Å². The molecule has 0 aromatic heterocycles. The van der Waals surface area contributed by atoms with Crippen LogP contribution in [0.3, 0.4) is 0 Å². The molecule has 7 heteroatoms. The number of benzene rings is 2. The number of esters is 1. The van der Waals surface area contributed by atoms with Crippen LogP contribution >= 0.6 is 0 Å². The highest BCUT2D eigenvalue weighted by molar-refractivity contribution is 5.92. The predicted molar refractivity (Wildman–Crippen MR) is 123 cm³/mol. The van der Waals surface area contributed by atoms with Gasteiger partial charge < -0.3 is 24.7 Å². The van der Waals surface area contributed by atoms with E-state index in [4.69, 9.17) is 24.7 Å². The maximum Gasteiger partial charge on any atom is 0.338 e. The van der Waals surface area contributed by atoms with Gasteiger partial charge in [-0.05, 0) is 62.6 Å². The second-order valence-corrected chi connectivity index (χ2v) is 7.67. The fourth-order valence-corrected chi connectivity index (χ4v) is 3.82. The van der Waals surface area contributed by atoms with Gasteiger partial charge in [-0.1, -0.05) is 18.2 Å². The summed E-state index contributed by atoms with van der Waals surface area (Å²) in [5, 5.41) is 9.80. The van der Waals surface area contributed by atoms with Crippen molar-refractivity contribution >= 4 is 5.97 Å². The van der Waals surface area contributed by atoms with Crippen LogP contribution in [0.15, 0.2) is 59.2 Å². The second kappa shape index (κ2) is 10.1. The van der Waals surface area contributed by atoms with Gasteiger partial charge in [-0.15, -0.1) is 0 Å². The van der Waals surface area contributed by atoms with Gasteiger partial charge in [0.25, 0.3) is 0 Å². The third kappa shape index (κ3) is 4.80. The summed E-state index contributed by atoms with van der Waals surface area (Å²) in [4.78, 5) is 12.8. The molecule has 2 aromatic rings. The number of nitriles is 1. The van der Waals surface area contributed by atoms with E-state index in [1.54, 1.807) is 33.1 Å². The molecular formula is C26H28N2O5. The first-order chi connectivity index (χ1) is 15.8. The van der Waals surface area contributed by atoms with E-state index >= 15 is 0 Å². The molecule has 1 unspecified atom stereocenters.